The van der Waals surface area contributed by atoms with E-state index in [0.717, 1.165) is 28.3 Å². The third-order valence-electron chi connectivity index (χ3n) is 5.18. The summed E-state index contributed by atoms with van der Waals surface area (Å²) in [6, 6.07) is 21.2. The minimum atomic E-state index is -0.144. The maximum atomic E-state index is 13.1. The molecule has 1 fully saturated rings. The van der Waals surface area contributed by atoms with E-state index in [1.165, 1.54) is 11.8 Å². The maximum absolute atomic E-state index is 13.1. The Morgan fingerprint density at radius 2 is 1.88 bits per heavy atom. The summed E-state index contributed by atoms with van der Waals surface area (Å²) in [6.45, 7) is 0.309. The number of para-hydroxylation sites is 1. The summed E-state index contributed by atoms with van der Waals surface area (Å²) >= 11 is 6.75. The van der Waals surface area contributed by atoms with Crippen molar-refractivity contribution in [2.75, 3.05) is 7.11 Å². The Kier molecular flexibility index (Phi) is 5.85. The molecule has 6 nitrogen and oxygen atoms in total. The SMILES string of the molecule is COc1ccc(-c2nn(-c3ccccc3)cc2/C=C2\SC(=S)N(Cc3ccco3)C2=O)cc1. The normalized spacial score (nSPS) is 14.9. The number of hydrogen-bond acceptors (Lipinski definition) is 6. The van der Waals surface area contributed by atoms with E-state index in [4.69, 9.17) is 26.5 Å². The third-order valence-corrected chi connectivity index (χ3v) is 6.56. The molecule has 164 valence electrons. The first-order valence-electron chi connectivity index (χ1n) is 10.2. The van der Waals surface area contributed by atoms with Crippen LogP contribution in [0.1, 0.15) is 11.3 Å². The molecule has 0 aliphatic carbocycles. The second-order valence-electron chi connectivity index (χ2n) is 7.29. The van der Waals surface area contributed by atoms with E-state index in [1.54, 1.807) is 24.3 Å². The smallest absolute Gasteiger partial charge is 0.266 e. The lowest BCUT2D eigenvalue weighted by Gasteiger charge is -2.11. The zero-order valence-electron chi connectivity index (χ0n) is 17.7. The lowest BCUT2D eigenvalue weighted by Crippen LogP contribution is -2.27. The van der Waals surface area contributed by atoms with E-state index in [2.05, 4.69) is 0 Å². The Morgan fingerprint density at radius 1 is 1.09 bits per heavy atom. The number of amides is 1. The van der Waals surface area contributed by atoms with Gasteiger partial charge in [0.2, 0.25) is 0 Å². The van der Waals surface area contributed by atoms with Crippen molar-refractivity contribution in [3.8, 4) is 22.7 Å². The molecule has 0 saturated carbocycles. The molecule has 1 saturated heterocycles. The second kappa shape index (κ2) is 9.09. The molecule has 4 aromatic rings. The Bertz CT molecular complexity index is 1330. The monoisotopic (exact) mass is 473 g/mol. The molecule has 2 aromatic heterocycles. The van der Waals surface area contributed by atoms with Crippen LogP contribution in [-0.4, -0.2) is 32.0 Å². The van der Waals surface area contributed by atoms with Gasteiger partial charge in [0.1, 0.15) is 15.8 Å². The number of ether oxygens (including phenoxy) is 1. The fourth-order valence-electron chi connectivity index (χ4n) is 3.52. The van der Waals surface area contributed by atoms with Gasteiger partial charge in [0.25, 0.3) is 5.91 Å². The first kappa shape index (κ1) is 21.2. The third kappa shape index (κ3) is 4.35. The standard InChI is InChI=1S/C25H19N3O3S2/c1-30-20-11-9-17(10-12-20)23-18(15-28(26-23)19-6-3-2-4-7-19)14-22-24(29)27(25(32)33-22)16-21-8-5-13-31-21/h2-15H,16H2,1H3/b22-14-. The zero-order valence-corrected chi connectivity index (χ0v) is 19.3. The summed E-state index contributed by atoms with van der Waals surface area (Å²) in [5, 5.41) is 4.82. The molecule has 0 unspecified atom stereocenters. The molecule has 0 spiro atoms. The Balaban J connectivity index is 1.53. The van der Waals surface area contributed by atoms with Crippen molar-refractivity contribution in [1.29, 1.82) is 0 Å². The van der Waals surface area contributed by atoms with Crippen molar-refractivity contribution in [3.63, 3.8) is 0 Å². The first-order chi connectivity index (χ1) is 16.1. The molecule has 1 aliphatic heterocycles. The Labute approximate surface area is 200 Å². The minimum Gasteiger partial charge on any atom is -0.497 e. The van der Waals surface area contributed by atoms with Gasteiger partial charge in [-0.2, -0.15) is 5.10 Å². The molecule has 5 rings (SSSR count). The highest BCUT2D eigenvalue weighted by molar-refractivity contribution is 8.26. The van der Waals surface area contributed by atoms with Crippen LogP contribution >= 0.6 is 24.0 Å². The van der Waals surface area contributed by atoms with Crippen molar-refractivity contribution in [2.45, 2.75) is 6.54 Å². The molecule has 8 heteroatoms. The lowest BCUT2D eigenvalue weighted by molar-refractivity contribution is -0.122. The predicted octanol–water partition coefficient (Wildman–Crippen LogP) is 5.54. The van der Waals surface area contributed by atoms with Crippen LogP contribution in [0.4, 0.5) is 0 Å². The summed E-state index contributed by atoms with van der Waals surface area (Å²) < 4.78 is 13.0. The number of rotatable bonds is 6. The van der Waals surface area contributed by atoms with Crippen molar-refractivity contribution in [3.05, 3.63) is 95.4 Å². The number of thioether (sulfide) groups is 1. The van der Waals surface area contributed by atoms with Gasteiger partial charge in [-0.05, 0) is 54.6 Å². The van der Waals surface area contributed by atoms with Gasteiger partial charge < -0.3 is 9.15 Å². The van der Waals surface area contributed by atoms with Crippen molar-refractivity contribution in [1.82, 2.24) is 14.7 Å². The average Bonchev–Trinajstić information content (AvgIpc) is 3.57. The number of methoxy groups -OCH3 is 1. The van der Waals surface area contributed by atoms with Crippen LogP contribution in [0.3, 0.4) is 0 Å². The highest BCUT2D eigenvalue weighted by atomic mass is 32.2. The molecular weight excluding hydrogens is 454 g/mol. The number of benzene rings is 2. The Hall–Kier alpha value is -3.62. The molecule has 0 bridgehead atoms. The van der Waals surface area contributed by atoms with Gasteiger partial charge in [0, 0.05) is 17.3 Å². The highest BCUT2D eigenvalue weighted by Crippen LogP contribution is 2.36. The zero-order chi connectivity index (χ0) is 22.8. The minimum absolute atomic E-state index is 0.144. The molecule has 0 radical (unpaired) electrons. The fraction of sp³-hybridized carbons (Fsp3) is 0.0800. The van der Waals surface area contributed by atoms with E-state index in [1.807, 2.05) is 77.6 Å². The number of nitrogens with zero attached hydrogens (tertiary/aromatic N) is 3. The van der Waals surface area contributed by atoms with E-state index < -0.39 is 0 Å². The Morgan fingerprint density at radius 3 is 2.58 bits per heavy atom. The number of carbonyl (C=O) groups excluding carboxylic acids is 1. The quantitative estimate of drug-likeness (QED) is 0.271. The van der Waals surface area contributed by atoms with Gasteiger partial charge in [-0.1, -0.05) is 42.2 Å². The largest absolute Gasteiger partial charge is 0.497 e. The van der Waals surface area contributed by atoms with Gasteiger partial charge in [-0.15, -0.1) is 0 Å². The summed E-state index contributed by atoms with van der Waals surface area (Å²) in [4.78, 5) is 15.2. The molecule has 1 aliphatic rings. The van der Waals surface area contributed by atoms with Gasteiger partial charge >= 0.3 is 0 Å². The number of thiocarbonyl (C=S) groups is 1. The van der Waals surface area contributed by atoms with E-state index in [0.29, 0.717) is 21.5 Å². The average molecular weight is 474 g/mol. The molecule has 0 N–H and O–H groups in total. The summed E-state index contributed by atoms with van der Waals surface area (Å²) in [6.07, 6.45) is 5.36. The highest BCUT2D eigenvalue weighted by Gasteiger charge is 2.33. The van der Waals surface area contributed by atoms with Gasteiger partial charge in [0.05, 0.1) is 36.2 Å². The van der Waals surface area contributed by atoms with Gasteiger partial charge in [-0.3, -0.25) is 9.69 Å². The molecule has 0 atom stereocenters. The van der Waals surface area contributed by atoms with Crippen LogP contribution in [0.15, 0.2) is 88.5 Å². The van der Waals surface area contributed by atoms with Crippen LogP contribution in [0, 0.1) is 0 Å². The van der Waals surface area contributed by atoms with Gasteiger partial charge in [0.15, 0.2) is 0 Å². The number of furan rings is 1. The summed E-state index contributed by atoms with van der Waals surface area (Å²) in [5.41, 5.74) is 3.43. The molecule has 1 amide bonds. The lowest BCUT2D eigenvalue weighted by atomic mass is 10.1. The van der Waals surface area contributed by atoms with Crippen LogP contribution in [0.5, 0.6) is 5.75 Å². The second-order valence-corrected chi connectivity index (χ2v) is 8.96. The van der Waals surface area contributed by atoms with Crippen molar-refractivity contribution in [2.24, 2.45) is 0 Å². The van der Waals surface area contributed by atoms with Crippen molar-refractivity contribution >= 4 is 40.3 Å². The van der Waals surface area contributed by atoms with Crippen LogP contribution in [-0.2, 0) is 11.3 Å². The van der Waals surface area contributed by atoms with E-state index in [9.17, 15) is 4.79 Å². The van der Waals surface area contributed by atoms with Gasteiger partial charge in [-0.25, -0.2) is 4.68 Å². The first-order valence-corrected chi connectivity index (χ1v) is 11.4. The number of aromatic nitrogens is 2. The molecule has 33 heavy (non-hydrogen) atoms. The summed E-state index contributed by atoms with van der Waals surface area (Å²) in [7, 11) is 1.63. The fourth-order valence-corrected chi connectivity index (χ4v) is 4.76. The topological polar surface area (TPSA) is 60.5 Å². The molecule has 3 heterocycles. The number of carbonyl (C=O) groups is 1. The maximum Gasteiger partial charge on any atom is 0.266 e. The predicted molar refractivity (Wildman–Crippen MR) is 133 cm³/mol. The van der Waals surface area contributed by atoms with Crippen molar-refractivity contribution < 1.29 is 13.9 Å². The van der Waals surface area contributed by atoms with E-state index in [-0.39, 0.29) is 5.91 Å². The number of hydrogen-bond donors (Lipinski definition) is 0. The van der Waals surface area contributed by atoms with Crippen LogP contribution in [0.2, 0.25) is 0 Å². The van der Waals surface area contributed by atoms with Crippen LogP contribution < -0.4 is 4.74 Å². The molecular formula is C25H19N3O3S2. The van der Waals surface area contributed by atoms with Crippen LogP contribution in [0.25, 0.3) is 23.0 Å². The molecule has 2 aromatic carbocycles. The summed E-state index contributed by atoms with van der Waals surface area (Å²) in [5.74, 6) is 1.31. The van der Waals surface area contributed by atoms with E-state index >= 15 is 0 Å².